The fourth-order valence-corrected chi connectivity index (χ4v) is 6.86. The monoisotopic (exact) mass is 694 g/mol. The number of carboxylic acid groups (broad SMARTS) is 1. The number of halogens is 1. The van der Waals surface area contributed by atoms with Gasteiger partial charge in [-0.15, -0.1) is 0 Å². The van der Waals surface area contributed by atoms with Crippen molar-refractivity contribution in [2.45, 2.75) is 5.25 Å². The fourth-order valence-electron chi connectivity index (χ4n) is 5.56. The highest BCUT2D eigenvalue weighted by atomic mass is 35.5. The number of carbonyl (C=O) groups is 3. The van der Waals surface area contributed by atoms with Gasteiger partial charge in [0.25, 0.3) is 5.91 Å². The first-order valence-corrected chi connectivity index (χ1v) is 16.8. The van der Waals surface area contributed by atoms with Crippen LogP contribution < -0.4 is 10.2 Å². The van der Waals surface area contributed by atoms with Crippen molar-refractivity contribution in [1.82, 2.24) is 4.98 Å². The largest absolute Gasteiger partial charge is 0.478 e. The van der Waals surface area contributed by atoms with E-state index in [4.69, 9.17) is 16.6 Å². The minimum absolute atomic E-state index is 0.161. The molecular weight excluding hydrogens is 668 g/mol. The number of aromatic carboxylic acids is 1. The van der Waals surface area contributed by atoms with Crippen LogP contribution in [0.15, 0.2) is 150 Å². The van der Waals surface area contributed by atoms with Gasteiger partial charge in [-0.3, -0.25) is 14.5 Å². The molecule has 0 spiro atoms. The summed E-state index contributed by atoms with van der Waals surface area (Å²) >= 11 is 7.57. The highest BCUT2D eigenvalue weighted by Gasteiger charge is 2.36. The number of rotatable bonds is 8. The van der Waals surface area contributed by atoms with Crippen molar-refractivity contribution in [3.63, 3.8) is 0 Å². The Morgan fingerprint density at radius 3 is 2.20 bits per heavy atom. The van der Waals surface area contributed by atoms with Crippen molar-refractivity contribution in [1.29, 1.82) is 0 Å². The number of nitrogens with one attached hydrogen (secondary N) is 1. The van der Waals surface area contributed by atoms with Crippen molar-refractivity contribution in [3.8, 4) is 11.3 Å². The number of carbonyl (C=O) groups excluding carboxylic acids is 2. The van der Waals surface area contributed by atoms with E-state index in [1.807, 2.05) is 84.9 Å². The molecule has 6 aromatic rings. The van der Waals surface area contributed by atoms with Crippen molar-refractivity contribution in [2.75, 3.05) is 10.2 Å². The van der Waals surface area contributed by atoms with E-state index < -0.39 is 11.2 Å². The summed E-state index contributed by atoms with van der Waals surface area (Å²) in [6, 6.07) is 41.4. The summed E-state index contributed by atoms with van der Waals surface area (Å²) in [7, 11) is 0. The van der Waals surface area contributed by atoms with E-state index in [1.165, 1.54) is 16.7 Å². The molecule has 1 aliphatic rings. The lowest BCUT2D eigenvalue weighted by atomic mass is 10.0. The molecular formula is C40H27ClN4O4S. The Morgan fingerprint density at radius 1 is 0.820 bits per heavy atom. The number of carboxylic acids is 1. The van der Waals surface area contributed by atoms with Gasteiger partial charge in [0.15, 0.2) is 5.17 Å². The van der Waals surface area contributed by atoms with Crippen LogP contribution in [0.4, 0.5) is 11.4 Å². The molecule has 2 N–H and O–H groups in total. The molecule has 7 rings (SSSR count). The molecule has 1 unspecified atom stereocenters. The first kappa shape index (κ1) is 32.5. The first-order valence-electron chi connectivity index (χ1n) is 15.6. The molecule has 1 atom stereocenters. The second-order valence-corrected chi connectivity index (χ2v) is 12.8. The van der Waals surface area contributed by atoms with E-state index in [1.54, 1.807) is 60.7 Å². The maximum atomic E-state index is 14.1. The number of aliphatic imine (C=N–C) groups is 1. The number of hydrogen-bond acceptors (Lipinski definition) is 6. The number of pyridine rings is 1. The highest BCUT2D eigenvalue weighted by molar-refractivity contribution is 8.15. The summed E-state index contributed by atoms with van der Waals surface area (Å²) in [4.78, 5) is 50.8. The van der Waals surface area contributed by atoms with Crippen molar-refractivity contribution < 1.29 is 19.5 Å². The quantitative estimate of drug-likeness (QED) is 0.154. The van der Waals surface area contributed by atoms with Gasteiger partial charge in [0.2, 0.25) is 5.91 Å². The average molecular weight is 695 g/mol. The zero-order valence-corrected chi connectivity index (χ0v) is 27.8. The number of hydrogen-bond donors (Lipinski definition) is 2. The lowest BCUT2D eigenvalue weighted by molar-refractivity contribution is -0.116. The van der Waals surface area contributed by atoms with E-state index >= 15 is 0 Å². The zero-order chi connectivity index (χ0) is 34.6. The van der Waals surface area contributed by atoms with Crippen LogP contribution in [0, 0.1) is 0 Å². The summed E-state index contributed by atoms with van der Waals surface area (Å²) in [5.41, 5.74) is 4.65. The minimum Gasteiger partial charge on any atom is -0.478 e. The Kier molecular flexibility index (Phi) is 9.24. The van der Waals surface area contributed by atoms with Crippen LogP contribution in [-0.2, 0) is 9.59 Å². The molecule has 5 aromatic carbocycles. The van der Waals surface area contributed by atoms with Crippen LogP contribution in [0.3, 0.4) is 0 Å². The molecule has 10 heteroatoms. The number of thioether (sulfide) groups is 1. The van der Waals surface area contributed by atoms with Gasteiger partial charge in [-0.1, -0.05) is 120 Å². The number of para-hydroxylation sites is 2. The third-order valence-electron chi connectivity index (χ3n) is 8.00. The standard InChI is InChI=1S/C40H27ClN4O4S/c41-32-17-9-7-13-27(32)23-35-38(47)45(29-14-5-2-6-15-29)40(44-35)50-36(26-11-3-1-4-12-26)37(46)42-28-21-19-25(20-22-28)34-24-31(39(48)49)30-16-8-10-18-33(30)43-34/h1-24,36H,(H,42,46)(H,48,49)/b35-23-. The molecule has 0 saturated carbocycles. The van der Waals surface area contributed by atoms with E-state index in [0.29, 0.717) is 49.3 Å². The number of anilines is 2. The fraction of sp³-hybridized carbons (Fsp3) is 0.0250. The van der Waals surface area contributed by atoms with Gasteiger partial charge in [0.1, 0.15) is 10.9 Å². The van der Waals surface area contributed by atoms with Crippen molar-refractivity contribution in [2.24, 2.45) is 4.99 Å². The molecule has 0 fully saturated rings. The lowest BCUT2D eigenvalue weighted by Crippen LogP contribution is -2.32. The number of amidine groups is 1. The van der Waals surface area contributed by atoms with Gasteiger partial charge in [0.05, 0.1) is 22.5 Å². The Labute approximate surface area is 296 Å². The first-order chi connectivity index (χ1) is 24.4. The summed E-state index contributed by atoms with van der Waals surface area (Å²) in [6.07, 6.45) is 1.65. The Bertz CT molecular complexity index is 2310. The Morgan fingerprint density at radius 2 is 1.48 bits per heavy atom. The molecule has 244 valence electrons. The van der Waals surface area contributed by atoms with Gasteiger partial charge in [-0.2, -0.15) is 0 Å². The van der Waals surface area contributed by atoms with Crippen LogP contribution in [-0.4, -0.2) is 33.0 Å². The molecule has 0 radical (unpaired) electrons. The van der Waals surface area contributed by atoms with E-state index in [9.17, 15) is 19.5 Å². The van der Waals surface area contributed by atoms with E-state index in [0.717, 1.165) is 5.56 Å². The SMILES string of the molecule is O=C(O)c1cc(-c2ccc(NC(=O)C(SC3=N/C(=C\c4ccccc4Cl)C(=O)N3c3ccccc3)c3ccccc3)cc2)nc2ccccc12. The molecule has 1 aliphatic heterocycles. The van der Waals surface area contributed by atoms with Crippen molar-refractivity contribution in [3.05, 3.63) is 167 Å². The highest BCUT2D eigenvalue weighted by Crippen LogP contribution is 2.38. The summed E-state index contributed by atoms with van der Waals surface area (Å²) < 4.78 is 0. The van der Waals surface area contributed by atoms with Crippen molar-refractivity contribution >= 4 is 74.7 Å². The maximum Gasteiger partial charge on any atom is 0.336 e. The maximum absolute atomic E-state index is 14.1. The number of benzene rings is 5. The Balaban J connectivity index is 1.19. The molecule has 2 heterocycles. The molecule has 1 aromatic heterocycles. The predicted molar refractivity (Wildman–Crippen MR) is 200 cm³/mol. The summed E-state index contributed by atoms with van der Waals surface area (Å²) in [5.74, 6) is -1.70. The molecule has 0 bridgehead atoms. The van der Waals surface area contributed by atoms with Crippen LogP contribution in [0.25, 0.3) is 28.2 Å². The van der Waals surface area contributed by atoms with Crippen LogP contribution in [0.5, 0.6) is 0 Å². The van der Waals surface area contributed by atoms with Gasteiger partial charge in [0, 0.05) is 21.7 Å². The summed E-state index contributed by atoms with van der Waals surface area (Å²) in [5, 5.41) is 13.4. The van der Waals surface area contributed by atoms with Gasteiger partial charge >= 0.3 is 5.97 Å². The zero-order valence-electron chi connectivity index (χ0n) is 26.2. The number of aromatic nitrogens is 1. The van der Waals surface area contributed by atoms with Crippen LogP contribution in [0.1, 0.15) is 26.7 Å². The third-order valence-corrected chi connectivity index (χ3v) is 9.55. The third kappa shape index (κ3) is 6.78. The lowest BCUT2D eigenvalue weighted by Gasteiger charge is -2.22. The molecule has 0 saturated heterocycles. The second kappa shape index (κ2) is 14.2. The molecule has 8 nitrogen and oxygen atoms in total. The molecule has 50 heavy (non-hydrogen) atoms. The number of fused-ring (bicyclic) bond motifs is 1. The van der Waals surface area contributed by atoms with Crippen LogP contribution >= 0.6 is 23.4 Å². The van der Waals surface area contributed by atoms with E-state index in [2.05, 4.69) is 10.3 Å². The van der Waals surface area contributed by atoms with Gasteiger partial charge in [-0.25, -0.2) is 14.8 Å². The average Bonchev–Trinajstić information content (AvgIpc) is 3.45. The van der Waals surface area contributed by atoms with E-state index in [-0.39, 0.29) is 23.1 Å². The van der Waals surface area contributed by atoms with Gasteiger partial charge < -0.3 is 10.4 Å². The van der Waals surface area contributed by atoms with Crippen LogP contribution in [0.2, 0.25) is 5.02 Å². The minimum atomic E-state index is -1.04. The molecule has 0 aliphatic carbocycles. The predicted octanol–water partition coefficient (Wildman–Crippen LogP) is 9.11. The topological polar surface area (TPSA) is 112 Å². The van der Waals surface area contributed by atoms with Gasteiger partial charge in [-0.05, 0) is 59.7 Å². The molecule has 2 amide bonds. The Hall–Kier alpha value is -6.03. The number of nitrogens with zero attached hydrogens (tertiary/aromatic N) is 3. The normalized spacial score (nSPS) is 14.1. The number of amides is 2. The summed E-state index contributed by atoms with van der Waals surface area (Å²) in [6.45, 7) is 0. The smallest absolute Gasteiger partial charge is 0.336 e. The second-order valence-electron chi connectivity index (χ2n) is 11.3.